The second kappa shape index (κ2) is 13.7. The van der Waals surface area contributed by atoms with Crippen LogP contribution in [0.5, 0.6) is 0 Å². The number of hydrogen-bond donors (Lipinski definition) is 1. The first-order valence-electron chi connectivity index (χ1n) is 13.1. The number of rotatable bonds is 11. The van der Waals surface area contributed by atoms with E-state index < -0.39 is 28.5 Å². The predicted molar refractivity (Wildman–Crippen MR) is 154 cm³/mol. The van der Waals surface area contributed by atoms with Crippen LogP contribution in [0.2, 0.25) is 10.0 Å². The van der Waals surface area contributed by atoms with Crippen molar-refractivity contribution in [2.24, 2.45) is 0 Å². The van der Waals surface area contributed by atoms with Crippen LogP contribution in [-0.2, 0) is 32.6 Å². The Hall–Kier alpha value is -2.29. The molecule has 1 N–H and O–H groups in total. The standard InChI is InChI=1S/C28H37Cl2N3O4S/c1-4-20-12-9-10-17-26(20)33(38(3,36)37)19-27(34)32(18-22-23(29)15-11-16-24(22)30)25(5-2)28(35)31-21-13-7-6-8-14-21/h9-12,15-17,21,25H,4-8,13-14,18-19H2,1-3H3,(H,31,35). The minimum absolute atomic E-state index is 0.0268. The largest absolute Gasteiger partial charge is 0.352 e. The first kappa shape index (κ1) is 30.3. The maximum absolute atomic E-state index is 14.0. The first-order chi connectivity index (χ1) is 18.1. The van der Waals surface area contributed by atoms with Crippen LogP contribution in [0, 0.1) is 0 Å². The van der Waals surface area contributed by atoms with Gasteiger partial charge in [0.2, 0.25) is 21.8 Å². The van der Waals surface area contributed by atoms with Crippen molar-refractivity contribution >= 4 is 50.7 Å². The molecule has 1 atom stereocenters. The van der Waals surface area contributed by atoms with E-state index in [-0.39, 0.29) is 18.5 Å². The summed E-state index contributed by atoms with van der Waals surface area (Å²) in [7, 11) is -3.81. The van der Waals surface area contributed by atoms with Gasteiger partial charge in [0.15, 0.2) is 0 Å². The molecule has 3 rings (SSSR count). The summed E-state index contributed by atoms with van der Waals surface area (Å²) in [6.45, 7) is 3.28. The molecule has 0 aliphatic heterocycles. The first-order valence-corrected chi connectivity index (χ1v) is 15.8. The van der Waals surface area contributed by atoms with Crippen molar-refractivity contribution in [3.05, 3.63) is 63.6 Å². The van der Waals surface area contributed by atoms with Crippen LogP contribution in [0.4, 0.5) is 5.69 Å². The van der Waals surface area contributed by atoms with Crippen LogP contribution in [0.25, 0.3) is 0 Å². The summed E-state index contributed by atoms with van der Waals surface area (Å²) in [5, 5.41) is 3.86. The minimum Gasteiger partial charge on any atom is -0.352 e. The maximum atomic E-state index is 14.0. The monoisotopic (exact) mass is 581 g/mol. The lowest BCUT2D eigenvalue weighted by Crippen LogP contribution is -2.54. The summed E-state index contributed by atoms with van der Waals surface area (Å²) in [4.78, 5) is 28.9. The Morgan fingerprint density at radius 2 is 1.63 bits per heavy atom. The highest BCUT2D eigenvalue weighted by molar-refractivity contribution is 7.92. The molecule has 2 aromatic carbocycles. The van der Waals surface area contributed by atoms with E-state index in [1.54, 1.807) is 30.3 Å². The normalized spacial score (nSPS) is 15.1. The van der Waals surface area contributed by atoms with Crippen LogP contribution >= 0.6 is 23.2 Å². The Bertz CT molecular complexity index is 1210. The lowest BCUT2D eigenvalue weighted by molar-refractivity contribution is -0.140. The fourth-order valence-electron chi connectivity index (χ4n) is 4.97. The van der Waals surface area contributed by atoms with Crippen LogP contribution < -0.4 is 9.62 Å². The van der Waals surface area contributed by atoms with Crippen molar-refractivity contribution in [3.63, 3.8) is 0 Å². The third-order valence-electron chi connectivity index (χ3n) is 7.05. The Morgan fingerprint density at radius 3 is 2.21 bits per heavy atom. The summed E-state index contributed by atoms with van der Waals surface area (Å²) < 4.78 is 26.9. The molecule has 1 fully saturated rings. The molecule has 10 heteroatoms. The van der Waals surface area contributed by atoms with Crippen molar-refractivity contribution in [2.45, 2.75) is 77.4 Å². The number of hydrogen-bond acceptors (Lipinski definition) is 4. The number of carbonyl (C=O) groups excluding carboxylic acids is 2. The van der Waals surface area contributed by atoms with Gasteiger partial charge >= 0.3 is 0 Å². The maximum Gasteiger partial charge on any atom is 0.244 e. The van der Waals surface area contributed by atoms with Crippen molar-refractivity contribution in [1.82, 2.24) is 10.2 Å². The summed E-state index contributed by atoms with van der Waals surface area (Å²) in [5.41, 5.74) is 1.75. The molecule has 0 radical (unpaired) electrons. The van der Waals surface area contributed by atoms with Gasteiger partial charge in [-0.15, -0.1) is 0 Å². The molecule has 38 heavy (non-hydrogen) atoms. The lowest BCUT2D eigenvalue weighted by atomic mass is 9.95. The van der Waals surface area contributed by atoms with E-state index in [0.29, 0.717) is 34.1 Å². The average molecular weight is 583 g/mol. The van der Waals surface area contributed by atoms with Gasteiger partial charge in [-0.2, -0.15) is 0 Å². The van der Waals surface area contributed by atoms with Gasteiger partial charge in [-0.3, -0.25) is 13.9 Å². The molecule has 1 unspecified atom stereocenters. The van der Waals surface area contributed by atoms with Crippen molar-refractivity contribution in [3.8, 4) is 0 Å². The predicted octanol–water partition coefficient (Wildman–Crippen LogP) is 5.58. The second-order valence-corrected chi connectivity index (χ2v) is 12.5. The number of benzene rings is 2. The molecule has 1 aliphatic carbocycles. The molecular formula is C28H37Cl2N3O4S. The van der Waals surface area contributed by atoms with E-state index in [4.69, 9.17) is 23.2 Å². The van der Waals surface area contributed by atoms with Gasteiger partial charge in [0.05, 0.1) is 11.9 Å². The number of sulfonamides is 1. The third kappa shape index (κ3) is 7.64. The Balaban J connectivity index is 1.98. The molecule has 1 aliphatic rings. The number of nitrogens with one attached hydrogen (secondary N) is 1. The van der Waals surface area contributed by atoms with Crippen molar-refractivity contribution < 1.29 is 18.0 Å². The van der Waals surface area contributed by atoms with Gasteiger partial charge in [-0.25, -0.2) is 8.42 Å². The number of aryl methyl sites for hydroxylation is 1. The minimum atomic E-state index is -3.81. The fraction of sp³-hybridized carbons (Fsp3) is 0.500. The van der Waals surface area contributed by atoms with Gasteiger partial charge in [-0.05, 0) is 49.4 Å². The number of anilines is 1. The molecule has 2 amide bonds. The van der Waals surface area contributed by atoms with E-state index in [0.717, 1.165) is 48.2 Å². The van der Waals surface area contributed by atoms with Gasteiger partial charge in [0, 0.05) is 28.2 Å². The Kier molecular flexibility index (Phi) is 10.9. The highest BCUT2D eigenvalue weighted by Crippen LogP contribution is 2.29. The third-order valence-corrected chi connectivity index (χ3v) is 8.88. The van der Waals surface area contributed by atoms with Crippen molar-refractivity contribution in [1.29, 1.82) is 0 Å². The number of nitrogens with zero attached hydrogens (tertiary/aromatic N) is 2. The van der Waals surface area contributed by atoms with Gasteiger partial charge < -0.3 is 10.2 Å². The second-order valence-electron chi connectivity index (χ2n) is 9.74. The number of carbonyl (C=O) groups is 2. The molecule has 0 saturated heterocycles. The van der Waals surface area contributed by atoms with E-state index in [1.165, 1.54) is 4.90 Å². The summed E-state index contributed by atoms with van der Waals surface area (Å²) >= 11 is 12.9. The zero-order chi connectivity index (χ0) is 27.9. The molecule has 0 aromatic heterocycles. The molecule has 2 aromatic rings. The van der Waals surface area contributed by atoms with Crippen molar-refractivity contribution in [2.75, 3.05) is 17.1 Å². The zero-order valence-electron chi connectivity index (χ0n) is 22.3. The summed E-state index contributed by atoms with van der Waals surface area (Å²) in [6, 6.07) is 11.4. The van der Waals surface area contributed by atoms with E-state index >= 15 is 0 Å². The molecule has 0 spiro atoms. The molecule has 0 bridgehead atoms. The number of halogens is 2. The Labute approximate surface area is 236 Å². The molecule has 208 valence electrons. The fourth-order valence-corrected chi connectivity index (χ4v) is 6.36. The smallest absolute Gasteiger partial charge is 0.244 e. The molecule has 0 heterocycles. The molecule has 7 nitrogen and oxygen atoms in total. The quantitative estimate of drug-likeness (QED) is 0.375. The van der Waals surface area contributed by atoms with E-state index in [2.05, 4.69) is 5.32 Å². The number of para-hydroxylation sites is 1. The molecular weight excluding hydrogens is 545 g/mol. The average Bonchev–Trinajstić information content (AvgIpc) is 2.88. The zero-order valence-corrected chi connectivity index (χ0v) is 24.6. The highest BCUT2D eigenvalue weighted by Gasteiger charge is 2.33. The van der Waals surface area contributed by atoms with Crippen LogP contribution in [0.15, 0.2) is 42.5 Å². The van der Waals surface area contributed by atoms with Gasteiger partial charge in [-0.1, -0.05) is 80.6 Å². The highest BCUT2D eigenvalue weighted by atomic mass is 35.5. The SMILES string of the molecule is CCc1ccccc1N(CC(=O)N(Cc1c(Cl)cccc1Cl)C(CC)C(=O)NC1CCCCC1)S(C)(=O)=O. The van der Waals surface area contributed by atoms with E-state index in [9.17, 15) is 18.0 Å². The van der Waals surface area contributed by atoms with Gasteiger partial charge in [0.25, 0.3) is 0 Å². The summed E-state index contributed by atoms with van der Waals surface area (Å²) in [6.07, 6.45) is 7.09. The molecule has 1 saturated carbocycles. The lowest BCUT2D eigenvalue weighted by Gasteiger charge is -2.34. The number of amides is 2. The Morgan fingerprint density at radius 1 is 1.00 bits per heavy atom. The van der Waals surface area contributed by atoms with Crippen LogP contribution in [0.3, 0.4) is 0 Å². The van der Waals surface area contributed by atoms with Gasteiger partial charge in [0.1, 0.15) is 12.6 Å². The topological polar surface area (TPSA) is 86.8 Å². The summed E-state index contributed by atoms with van der Waals surface area (Å²) in [5.74, 6) is -0.765. The van der Waals surface area contributed by atoms with Crippen LogP contribution in [0.1, 0.15) is 63.5 Å². The van der Waals surface area contributed by atoms with Crippen LogP contribution in [-0.4, -0.2) is 50.0 Å². The van der Waals surface area contributed by atoms with E-state index in [1.807, 2.05) is 26.0 Å².